The first-order valence-corrected chi connectivity index (χ1v) is 9.00. The van der Waals surface area contributed by atoms with Gasteiger partial charge in [0.15, 0.2) is 0 Å². The Hall–Kier alpha value is -1.79. The van der Waals surface area contributed by atoms with E-state index in [1.807, 2.05) is 31.7 Å². The molecule has 1 saturated heterocycles. The van der Waals surface area contributed by atoms with Crippen molar-refractivity contribution in [3.05, 3.63) is 47.0 Å². The van der Waals surface area contributed by atoms with Crippen molar-refractivity contribution in [1.82, 2.24) is 14.9 Å². The molecule has 1 aliphatic heterocycles. The zero-order chi connectivity index (χ0) is 16.2. The van der Waals surface area contributed by atoms with Crippen molar-refractivity contribution in [3.63, 3.8) is 0 Å². The third-order valence-electron chi connectivity index (χ3n) is 4.00. The fraction of sp³-hybridized carbons (Fsp3) is 0.412. The molecule has 0 saturated carbocycles. The summed E-state index contributed by atoms with van der Waals surface area (Å²) in [7, 11) is 0. The number of aromatic amines is 1. The molecule has 1 aliphatic rings. The fourth-order valence-corrected chi connectivity index (χ4v) is 3.69. The number of hydrogen-bond acceptors (Lipinski definition) is 4. The highest BCUT2D eigenvalue weighted by molar-refractivity contribution is 7.99. The van der Waals surface area contributed by atoms with E-state index in [1.54, 1.807) is 6.20 Å². The van der Waals surface area contributed by atoms with Gasteiger partial charge in [-0.2, -0.15) is 11.8 Å². The zero-order valence-electron chi connectivity index (χ0n) is 13.6. The zero-order valence-corrected chi connectivity index (χ0v) is 14.4. The number of nitrogens with one attached hydrogen (secondary N) is 2. The molecule has 122 valence electrons. The van der Waals surface area contributed by atoms with E-state index in [9.17, 15) is 4.79 Å². The maximum atomic E-state index is 12.2. The minimum Gasteiger partial charge on any atom is -0.338 e. The van der Waals surface area contributed by atoms with Gasteiger partial charge in [0.2, 0.25) is 0 Å². The number of thioether (sulfide) groups is 1. The largest absolute Gasteiger partial charge is 0.338 e. The first-order chi connectivity index (χ1) is 11.1. The van der Waals surface area contributed by atoms with Crippen molar-refractivity contribution in [2.45, 2.75) is 20.4 Å². The summed E-state index contributed by atoms with van der Waals surface area (Å²) in [6.07, 6.45) is 1.56. The molecule has 3 rings (SSSR count). The molecule has 0 unspecified atom stereocenters. The average Bonchev–Trinajstić information content (AvgIpc) is 2.98. The topological polar surface area (TPSA) is 61.0 Å². The van der Waals surface area contributed by atoms with Crippen LogP contribution in [-0.2, 0) is 6.54 Å². The van der Waals surface area contributed by atoms with Crippen LogP contribution in [0.4, 0.5) is 5.69 Å². The van der Waals surface area contributed by atoms with E-state index in [2.05, 4.69) is 32.3 Å². The van der Waals surface area contributed by atoms with Gasteiger partial charge in [-0.1, -0.05) is 12.1 Å². The van der Waals surface area contributed by atoms with Crippen molar-refractivity contribution < 1.29 is 4.79 Å². The molecule has 1 amide bonds. The molecule has 2 N–H and O–H groups in total. The second kappa shape index (κ2) is 7.19. The number of hydrogen-bond donors (Lipinski definition) is 2. The van der Waals surface area contributed by atoms with Crippen LogP contribution in [0.2, 0.25) is 0 Å². The maximum Gasteiger partial charge on any atom is 0.273 e. The third-order valence-corrected chi connectivity index (χ3v) is 4.94. The lowest BCUT2D eigenvalue weighted by Gasteiger charge is -2.26. The summed E-state index contributed by atoms with van der Waals surface area (Å²) in [6, 6.07) is 6.25. The molecule has 1 aromatic carbocycles. The second-order valence-corrected chi connectivity index (χ2v) is 7.10. The Morgan fingerprint density at radius 1 is 1.35 bits per heavy atom. The SMILES string of the molecule is Cc1ncc(C(=O)Nc2ccc(CN3CCSCC3)cc2C)[nH]1. The Morgan fingerprint density at radius 3 is 2.78 bits per heavy atom. The van der Waals surface area contributed by atoms with Crippen molar-refractivity contribution in [1.29, 1.82) is 0 Å². The van der Waals surface area contributed by atoms with Gasteiger partial charge in [0.1, 0.15) is 11.5 Å². The van der Waals surface area contributed by atoms with Crippen LogP contribution in [0.5, 0.6) is 0 Å². The monoisotopic (exact) mass is 330 g/mol. The summed E-state index contributed by atoms with van der Waals surface area (Å²) < 4.78 is 0. The number of nitrogens with zero attached hydrogens (tertiary/aromatic N) is 2. The molecule has 5 nitrogen and oxygen atoms in total. The Labute approximate surface area is 140 Å². The van der Waals surface area contributed by atoms with Gasteiger partial charge in [0.05, 0.1) is 6.20 Å². The van der Waals surface area contributed by atoms with Gasteiger partial charge in [-0.05, 0) is 31.0 Å². The quantitative estimate of drug-likeness (QED) is 0.905. The first-order valence-electron chi connectivity index (χ1n) is 7.84. The summed E-state index contributed by atoms with van der Waals surface area (Å²) in [6.45, 7) is 7.15. The number of aryl methyl sites for hydroxylation is 2. The van der Waals surface area contributed by atoms with E-state index in [0.717, 1.165) is 36.7 Å². The number of carbonyl (C=O) groups is 1. The third kappa shape index (κ3) is 4.14. The Balaban J connectivity index is 1.65. The van der Waals surface area contributed by atoms with Gasteiger partial charge >= 0.3 is 0 Å². The Kier molecular flexibility index (Phi) is 5.03. The van der Waals surface area contributed by atoms with Gasteiger partial charge in [-0.15, -0.1) is 0 Å². The van der Waals surface area contributed by atoms with E-state index >= 15 is 0 Å². The molecule has 0 aliphatic carbocycles. The highest BCUT2D eigenvalue weighted by Gasteiger charge is 2.13. The molecule has 6 heteroatoms. The van der Waals surface area contributed by atoms with E-state index < -0.39 is 0 Å². The molecule has 2 heterocycles. The van der Waals surface area contributed by atoms with Gasteiger partial charge in [-0.3, -0.25) is 9.69 Å². The van der Waals surface area contributed by atoms with Crippen LogP contribution in [0.3, 0.4) is 0 Å². The van der Waals surface area contributed by atoms with Crippen LogP contribution in [-0.4, -0.2) is 45.4 Å². The number of anilines is 1. The van der Waals surface area contributed by atoms with Gasteiger partial charge in [0, 0.05) is 36.8 Å². The van der Waals surface area contributed by atoms with Gasteiger partial charge in [-0.25, -0.2) is 4.98 Å². The van der Waals surface area contributed by atoms with Crippen LogP contribution in [0.25, 0.3) is 0 Å². The number of benzene rings is 1. The number of carbonyl (C=O) groups excluding carboxylic acids is 1. The highest BCUT2D eigenvalue weighted by Crippen LogP contribution is 2.20. The summed E-state index contributed by atoms with van der Waals surface area (Å²) in [4.78, 5) is 21.7. The minimum atomic E-state index is -0.158. The number of aromatic nitrogens is 2. The number of amides is 1. The summed E-state index contributed by atoms with van der Waals surface area (Å²) in [5.74, 6) is 3.02. The van der Waals surface area contributed by atoms with Crippen LogP contribution in [0.1, 0.15) is 27.4 Å². The maximum absolute atomic E-state index is 12.2. The van der Waals surface area contributed by atoms with Crippen LogP contribution in [0, 0.1) is 13.8 Å². The number of imidazole rings is 1. The van der Waals surface area contributed by atoms with Crippen molar-refractivity contribution in [2.24, 2.45) is 0 Å². The summed E-state index contributed by atoms with van der Waals surface area (Å²) in [5, 5.41) is 2.94. The lowest BCUT2D eigenvalue weighted by Crippen LogP contribution is -2.31. The van der Waals surface area contributed by atoms with Gasteiger partial charge < -0.3 is 10.3 Å². The molecule has 1 aromatic heterocycles. The summed E-state index contributed by atoms with van der Waals surface area (Å²) >= 11 is 2.02. The minimum absolute atomic E-state index is 0.158. The molecular formula is C17H22N4OS. The number of rotatable bonds is 4. The normalized spacial score (nSPS) is 15.6. The Bertz CT molecular complexity index is 692. The van der Waals surface area contributed by atoms with Crippen LogP contribution in [0.15, 0.2) is 24.4 Å². The van der Waals surface area contributed by atoms with Crippen LogP contribution < -0.4 is 5.32 Å². The van der Waals surface area contributed by atoms with Crippen molar-refractivity contribution in [2.75, 3.05) is 29.9 Å². The highest BCUT2D eigenvalue weighted by atomic mass is 32.2. The van der Waals surface area contributed by atoms with Gasteiger partial charge in [0.25, 0.3) is 5.91 Å². The van der Waals surface area contributed by atoms with E-state index in [-0.39, 0.29) is 5.91 Å². The molecule has 23 heavy (non-hydrogen) atoms. The van der Waals surface area contributed by atoms with Crippen molar-refractivity contribution >= 4 is 23.4 Å². The molecule has 1 fully saturated rings. The molecule has 0 spiro atoms. The predicted octanol–water partition coefficient (Wildman–Crippen LogP) is 2.83. The van der Waals surface area contributed by atoms with E-state index in [0.29, 0.717) is 5.69 Å². The second-order valence-electron chi connectivity index (χ2n) is 5.87. The van der Waals surface area contributed by atoms with E-state index in [1.165, 1.54) is 17.1 Å². The lowest BCUT2D eigenvalue weighted by atomic mass is 10.1. The van der Waals surface area contributed by atoms with Crippen LogP contribution >= 0.6 is 11.8 Å². The first kappa shape index (κ1) is 16.1. The standard InChI is InChI=1S/C17H22N4OS/c1-12-9-14(11-21-5-7-23-8-6-21)3-4-15(12)20-17(22)16-10-18-13(2)19-16/h3-4,9-10H,5-8,11H2,1-2H3,(H,18,19)(H,20,22). The lowest BCUT2D eigenvalue weighted by molar-refractivity contribution is 0.102. The molecule has 0 atom stereocenters. The molecule has 0 bridgehead atoms. The average molecular weight is 330 g/mol. The predicted molar refractivity (Wildman–Crippen MR) is 95.1 cm³/mol. The summed E-state index contributed by atoms with van der Waals surface area (Å²) in [5.41, 5.74) is 3.71. The molecule has 0 radical (unpaired) electrons. The molecular weight excluding hydrogens is 308 g/mol. The molecule has 2 aromatic rings. The fourth-order valence-electron chi connectivity index (χ4n) is 2.71. The van der Waals surface area contributed by atoms with Crippen molar-refractivity contribution in [3.8, 4) is 0 Å². The van der Waals surface area contributed by atoms with E-state index in [4.69, 9.17) is 0 Å². The smallest absolute Gasteiger partial charge is 0.273 e. The number of H-pyrrole nitrogens is 1. The Morgan fingerprint density at radius 2 is 2.13 bits per heavy atom.